The van der Waals surface area contributed by atoms with E-state index in [1.807, 2.05) is 0 Å². The number of nitrogens with one attached hydrogen (secondary N) is 1. The van der Waals surface area contributed by atoms with Crippen molar-refractivity contribution in [1.29, 1.82) is 0 Å². The van der Waals surface area contributed by atoms with Crippen molar-refractivity contribution in [2.45, 2.75) is 18.9 Å². The van der Waals surface area contributed by atoms with E-state index in [4.69, 9.17) is 5.11 Å². The van der Waals surface area contributed by atoms with Crippen molar-refractivity contribution in [3.63, 3.8) is 0 Å². The summed E-state index contributed by atoms with van der Waals surface area (Å²) in [5.41, 5.74) is -1.27. The quantitative estimate of drug-likeness (QED) is 0.621. The molecule has 1 rings (SSSR count). The van der Waals surface area contributed by atoms with E-state index in [1.165, 1.54) is 0 Å². The minimum absolute atomic E-state index is 0.0298. The summed E-state index contributed by atoms with van der Waals surface area (Å²) in [5, 5.41) is 11.7. The van der Waals surface area contributed by atoms with Gasteiger partial charge in [0.05, 0.1) is 11.5 Å². The third-order valence-electron chi connectivity index (χ3n) is 2.36. The van der Waals surface area contributed by atoms with Crippen LogP contribution in [0.1, 0.15) is 13.3 Å². The van der Waals surface area contributed by atoms with Gasteiger partial charge in [0.15, 0.2) is 9.84 Å². The Morgan fingerprint density at radius 3 is 2.54 bits per heavy atom. The molecule has 6 heteroatoms. The van der Waals surface area contributed by atoms with E-state index in [1.54, 1.807) is 6.92 Å². The fourth-order valence-corrected chi connectivity index (χ4v) is 3.20. The molecule has 13 heavy (non-hydrogen) atoms. The van der Waals surface area contributed by atoms with Crippen LogP contribution in [0.25, 0.3) is 0 Å². The van der Waals surface area contributed by atoms with Gasteiger partial charge in [-0.2, -0.15) is 0 Å². The molecule has 1 fully saturated rings. The van der Waals surface area contributed by atoms with Crippen LogP contribution >= 0.6 is 0 Å². The lowest BCUT2D eigenvalue weighted by atomic mass is 9.99. The summed E-state index contributed by atoms with van der Waals surface area (Å²) in [4.78, 5) is 10.9. The zero-order valence-corrected chi connectivity index (χ0v) is 8.23. The molecule has 1 aliphatic heterocycles. The first-order valence-electron chi connectivity index (χ1n) is 4.11. The van der Waals surface area contributed by atoms with Gasteiger partial charge in [0.25, 0.3) is 0 Å². The Kier molecular flexibility index (Phi) is 2.63. The summed E-state index contributed by atoms with van der Waals surface area (Å²) in [5.74, 6) is -1.35. The number of carboxylic acids is 1. The second-order valence-corrected chi connectivity index (χ2v) is 5.44. The third-order valence-corrected chi connectivity index (χ3v) is 4.11. The lowest BCUT2D eigenvalue weighted by Crippen LogP contribution is -2.61. The van der Waals surface area contributed by atoms with Crippen molar-refractivity contribution in [3.05, 3.63) is 0 Å². The number of hydrogen-bond acceptors (Lipinski definition) is 4. The van der Waals surface area contributed by atoms with Crippen molar-refractivity contribution >= 4 is 15.8 Å². The van der Waals surface area contributed by atoms with Gasteiger partial charge in [0.2, 0.25) is 0 Å². The molecule has 0 amide bonds. The molecule has 0 saturated carbocycles. The van der Waals surface area contributed by atoms with E-state index >= 15 is 0 Å². The molecule has 0 spiro atoms. The Morgan fingerprint density at radius 1 is 1.62 bits per heavy atom. The van der Waals surface area contributed by atoms with Gasteiger partial charge < -0.3 is 10.4 Å². The zero-order valence-electron chi connectivity index (χ0n) is 7.41. The topological polar surface area (TPSA) is 83.5 Å². The van der Waals surface area contributed by atoms with Crippen LogP contribution in [0.5, 0.6) is 0 Å². The molecule has 0 aliphatic carbocycles. The molecule has 2 N–H and O–H groups in total. The van der Waals surface area contributed by atoms with Crippen molar-refractivity contribution in [3.8, 4) is 0 Å². The molecule has 76 valence electrons. The summed E-state index contributed by atoms with van der Waals surface area (Å²) in [6, 6.07) is 0. The molecule has 1 aliphatic rings. The zero-order chi connectivity index (χ0) is 10.1. The summed E-state index contributed by atoms with van der Waals surface area (Å²) in [7, 11) is -3.19. The average Bonchev–Trinajstić information content (AvgIpc) is 2.02. The molecule has 0 radical (unpaired) electrons. The van der Waals surface area contributed by atoms with Crippen LogP contribution < -0.4 is 5.32 Å². The number of carboxylic acid groups (broad SMARTS) is 1. The van der Waals surface area contributed by atoms with E-state index in [-0.39, 0.29) is 24.5 Å². The summed E-state index contributed by atoms with van der Waals surface area (Å²) >= 11 is 0. The smallest absolute Gasteiger partial charge is 0.324 e. The van der Waals surface area contributed by atoms with Crippen molar-refractivity contribution < 1.29 is 18.3 Å². The van der Waals surface area contributed by atoms with Crippen molar-refractivity contribution in [2.75, 3.05) is 18.1 Å². The summed E-state index contributed by atoms with van der Waals surface area (Å²) < 4.78 is 22.5. The van der Waals surface area contributed by atoms with Gasteiger partial charge in [-0.3, -0.25) is 4.79 Å². The van der Waals surface area contributed by atoms with Crippen LogP contribution in [0.2, 0.25) is 0 Å². The first kappa shape index (κ1) is 10.5. The van der Waals surface area contributed by atoms with E-state index < -0.39 is 21.3 Å². The van der Waals surface area contributed by atoms with Gasteiger partial charge in [-0.05, 0) is 6.42 Å². The average molecular weight is 207 g/mol. The predicted octanol–water partition coefficient (Wildman–Crippen LogP) is -0.762. The maximum absolute atomic E-state index is 11.2. The van der Waals surface area contributed by atoms with Gasteiger partial charge in [-0.25, -0.2) is 8.42 Å². The number of aliphatic carboxylic acids is 1. The van der Waals surface area contributed by atoms with Gasteiger partial charge in [-0.1, -0.05) is 6.92 Å². The molecular formula is C7H13NO4S. The van der Waals surface area contributed by atoms with Crippen LogP contribution in [0.15, 0.2) is 0 Å². The Hall–Kier alpha value is -0.620. The largest absolute Gasteiger partial charge is 0.480 e. The molecule has 0 bridgehead atoms. The molecule has 1 saturated heterocycles. The lowest BCUT2D eigenvalue weighted by molar-refractivity contribution is -0.144. The Morgan fingerprint density at radius 2 is 2.23 bits per heavy atom. The normalized spacial score (nSPS) is 32.7. The molecule has 0 aromatic carbocycles. The fourth-order valence-electron chi connectivity index (χ4n) is 1.46. The highest BCUT2D eigenvalue weighted by Gasteiger charge is 2.43. The van der Waals surface area contributed by atoms with Crippen LogP contribution in [0.3, 0.4) is 0 Å². The number of sulfone groups is 1. The van der Waals surface area contributed by atoms with Crippen molar-refractivity contribution in [1.82, 2.24) is 5.32 Å². The SMILES string of the molecule is CCC1(C(=O)O)CS(=O)(=O)CCN1. The molecule has 1 heterocycles. The number of rotatable bonds is 2. The van der Waals surface area contributed by atoms with Crippen molar-refractivity contribution in [2.24, 2.45) is 0 Å². The van der Waals surface area contributed by atoms with Crippen LogP contribution in [-0.2, 0) is 14.6 Å². The van der Waals surface area contributed by atoms with Crippen LogP contribution in [-0.4, -0.2) is 43.1 Å². The Balaban J connectivity index is 2.95. The fraction of sp³-hybridized carbons (Fsp3) is 0.857. The van der Waals surface area contributed by atoms with Gasteiger partial charge in [0, 0.05) is 6.54 Å². The first-order valence-corrected chi connectivity index (χ1v) is 5.93. The molecule has 5 nitrogen and oxygen atoms in total. The highest BCUT2D eigenvalue weighted by atomic mass is 32.2. The highest BCUT2D eigenvalue weighted by Crippen LogP contribution is 2.17. The van der Waals surface area contributed by atoms with E-state index in [0.29, 0.717) is 0 Å². The molecular weight excluding hydrogens is 194 g/mol. The first-order chi connectivity index (χ1) is 5.92. The summed E-state index contributed by atoms with van der Waals surface area (Å²) in [6.45, 7) is 1.89. The maximum Gasteiger partial charge on any atom is 0.324 e. The van der Waals surface area contributed by atoms with Crippen LogP contribution in [0.4, 0.5) is 0 Å². The molecule has 0 aromatic heterocycles. The minimum atomic E-state index is -3.19. The lowest BCUT2D eigenvalue weighted by Gasteiger charge is -2.32. The van der Waals surface area contributed by atoms with Gasteiger partial charge in [0.1, 0.15) is 5.54 Å². The molecule has 1 atom stereocenters. The van der Waals surface area contributed by atoms with E-state index in [0.717, 1.165) is 0 Å². The van der Waals surface area contributed by atoms with E-state index in [2.05, 4.69) is 5.32 Å². The van der Waals surface area contributed by atoms with Gasteiger partial charge >= 0.3 is 5.97 Å². The maximum atomic E-state index is 11.2. The standard InChI is InChI=1S/C7H13NO4S/c1-2-7(6(9)10)5-13(11,12)4-3-8-7/h8H,2-5H2,1H3,(H,9,10). The third kappa shape index (κ3) is 2.00. The Bertz CT molecular complexity index is 310. The molecule has 1 unspecified atom stereocenters. The second-order valence-electron chi connectivity index (χ2n) is 3.26. The molecule has 0 aromatic rings. The number of hydrogen-bond donors (Lipinski definition) is 2. The predicted molar refractivity (Wildman–Crippen MR) is 47.3 cm³/mol. The Labute approximate surface area is 77.1 Å². The minimum Gasteiger partial charge on any atom is -0.480 e. The number of carbonyl (C=O) groups is 1. The second kappa shape index (κ2) is 3.26. The van der Waals surface area contributed by atoms with Gasteiger partial charge in [-0.15, -0.1) is 0 Å². The monoisotopic (exact) mass is 207 g/mol. The van der Waals surface area contributed by atoms with E-state index in [9.17, 15) is 13.2 Å². The van der Waals surface area contributed by atoms with Crippen LogP contribution in [0, 0.1) is 0 Å². The highest BCUT2D eigenvalue weighted by molar-refractivity contribution is 7.91. The summed E-state index contributed by atoms with van der Waals surface area (Å²) in [6.07, 6.45) is 0.279.